The van der Waals surface area contributed by atoms with Crippen molar-refractivity contribution in [1.29, 1.82) is 0 Å². The minimum Gasteiger partial charge on any atom is -0.350 e. The number of benzene rings is 3. The Morgan fingerprint density at radius 1 is 0.951 bits per heavy atom. The van der Waals surface area contributed by atoms with Gasteiger partial charge in [0, 0.05) is 22.8 Å². The first-order valence-corrected chi connectivity index (χ1v) is 13.2. The minimum absolute atomic E-state index is 0.0181. The summed E-state index contributed by atoms with van der Waals surface area (Å²) in [7, 11) is 0. The molecule has 3 N–H and O–H groups in total. The van der Waals surface area contributed by atoms with E-state index in [2.05, 4.69) is 16.0 Å². The summed E-state index contributed by atoms with van der Waals surface area (Å²) >= 11 is 0. The highest BCUT2D eigenvalue weighted by Crippen LogP contribution is 2.41. The SMILES string of the molecule is Cc1cccc(NC(=O)NC2CC(c3cccc(C(F)(F)F)c3)c3ccccc3N(CC(=O)NC(C)(C)C)C2=O)c1. The molecule has 7 nitrogen and oxygen atoms in total. The lowest BCUT2D eigenvalue weighted by atomic mass is 9.85. The number of urea groups is 1. The second kappa shape index (κ2) is 11.6. The Hall–Kier alpha value is -4.34. The van der Waals surface area contributed by atoms with Gasteiger partial charge in [0.25, 0.3) is 0 Å². The van der Waals surface area contributed by atoms with Crippen LogP contribution in [0.2, 0.25) is 0 Å². The van der Waals surface area contributed by atoms with Crippen molar-refractivity contribution in [2.24, 2.45) is 0 Å². The summed E-state index contributed by atoms with van der Waals surface area (Å²) in [5.74, 6) is -1.64. The van der Waals surface area contributed by atoms with Crippen LogP contribution in [0.15, 0.2) is 72.8 Å². The van der Waals surface area contributed by atoms with Crippen molar-refractivity contribution in [2.45, 2.75) is 57.8 Å². The number of rotatable bonds is 5. The van der Waals surface area contributed by atoms with E-state index < -0.39 is 47.1 Å². The highest BCUT2D eigenvalue weighted by Gasteiger charge is 2.38. The van der Waals surface area contributed by atoms with E-state index in [1.807, 2.05) is 33.8 Å². The average Bonchev–Trinajstić information content (AvgIpc) is 2.98. The summed E-state index contributed by atoms with van der Waals surface area (Å²) in [5, 5.41) is 8.27. The number of fused-ring (bicyclic) bond motifs is 1. The van der Waals surface area contributed by atoms with E-state index in [0.29, 0.717) is 22.5 Å². The number of nitrogens with zero attached hydrogens (tertiary/aromatic N) is 1. The van der Waals surface area contributed by atoms with Gasteiger partial charge in [-0.25, -0.2) is 4.79 Å². The van der Waals surface area contributed by atoms with Gasteiger partial charge in [0.1, 0.15) is 12.6 Å². The molecule has 0 aliphatic carbocycles. The second-order valence-corrected chi connectivity index (χ2v) is 11.2. The number of halogens is 3. The van der Waals surface area contributed by atoms with E-state index in [1.54, 1.807) is 48.5 Å². The summed E-state index contributed by atoms with van der Waals surface area (Å²) in [5.41, 5.74) is 1.38. The molecule has 2 unspecified atom stereocenters. The molecule has 1 aliphatic rings. The molecule has 3 aromatic carbocycles. The number of hydrogen-bond donors (Lipinski definition) is 3. The molecule has 3 aromatic rings. The van der Waals surface area contributed by atoms with Gasteiger partial charge in [-0.15, -0.1) is 0 Å². The number of carbonyl (C=O) groups excluding carboxylic acids is 3. The third-order valence-electron chi connectivity index (χ3n) is 6.65. The van der Waals surface area contributed by atoms with E-state index in [4.69, 9.17) is 0 Å². The third kappa shape index (κ3) is 7.45. The standard InChI is InChI=1S/C31H33F3N4O3/c1-19-9-7-12-22(15-19)35-29(41)36-25-17-24(20-10-8-11-21(16-20)31(32,33)34)23-13-5-6-14-26(23)38(28(25)40)18-27(39)37-30(2,3)4/h5-16,24-25H,17-18H2,1-4H3,(H,37,39)(H2,35,36,41). The maximum atomic E-state index is 14.0. The molecule has 0 radical (unpaired) electrons. The number of para-hydroxylation sites is 1. The van der Waals surface area contributed by atoms with E-state index in [9.17, 15) is 27.6 Å². The molecule has 4 amide bonds. The van der Waals surface area contributed by atoms with Gasteiger partial charge in [-0.2, -0.15) is 13.2 Å². The molecule has 4 rings (SSSR count). The largest absolute Gasteiger partial charge is 0.416 e. The monoisotopic (exact) mass is 566 g/mol. The Labute approximate surface area is 237 Å². The molecule has 0 saturated carbocycles. The fourth-order valence-electron chi connectivity index (χ4n) is 4.98. The van der Waals surface area contributed by atoms with Crippen molar-refractivity contribution < 1.29 is 27.6 Å². The summed E-state index contributed by atoms with van der Waals surface area (Å²) < 4.78 is 40.9. The number of carbonyl (C=O) groups is 3. The number of nitrogens with one attached hydrogen (secondary N) is 3. The summed E-state index contributed by atoms with van der Waals surface area (Å²) in [4.78, 5) is 41.3. The lowest BCUT2D eigenvalue weighted by Crippen LogP contribution is -2.53. The van der Waals surface area contributed by atoms with Gasteiger partial charge in [-0.1, -0.05) is 48.5 Å². The van der Waals surface area contributed by atoms with E-state index >= 15 is 0 Å². The molecule has 216 valence electrons. The van der Waals surface area contributed by atoms with Crippen LogP contribution in [0.5, 0.6) is 0 Å². The predicted molar refractivity (Wildman–Crippen MR) is 152 cm³/mol. The van der Waals surface area contributed by atoms with Crippen molar-refractivity contribution >= 4 is 29.2 Å². The van der Waals surface area contributed by atoms with Crippen LogP contribution < -0.4 is 20.9 Å². The predicted octanol–water partition coefficient (Wildman–Crippen LogP) is 5.99. The van der Waals surface area contributed by atoms with Crippen LogP contribution >= 0.6 is 0 Å². The molecule has 1 heterocycles. The number of hydrogen-bond acceptors (Lipinski definition) is 3. The second-order valence-electron chi connectivity index (χ2n) is 11.2. The van der Waals surface area contributed by atoms with Crippen LogP contribution in [0.3, 0.4) is 0 Å². The Morgan fingerprint density at radius 2 is 1.66 bits per heavy atom. The van der Waals surface area contributed by atoms with Crippen molar-refractivity contribution in [3.05, 3.63) is 95.1 Å². The highest BCUT2D eigenvalue weighted by molar-refractivity contribution is 6.05. The molecule has 0 bridgehead atoms. The molecule has 1 aliphatic heterocycles. The van der Waals surface area contributed by atoms with E-state index in [1.165, 1.54) is 11.0 Å². The van der Waals surface area contributed by atoms with Gasteiger partial charge in [-0.3, -0.25) is 9.59 Å². The van der Waals surface area contributed by atoms with Gasteiger partial charge in [-0.05, 0) is 75.1 Å². The van der Waals surface area contributed by atoms with Gasteiger partial charge < -0.3 is 20.9 Å². The maximum Gasteiger partial charge on any atom is 0.416 e. The fourth-order valence-corrected chi connectivity index (χ4v) is 4.98. The first-order chi connectivity index (χ1) is 19.2. The summed E-state index contributed by atoms with van der Waals surface area (Å²) in [6.07, 6.45) is -4.58. The Bertz CT molecular complexity index is 1450. The van der Waals surface area contributed by atoms with Crippen molar-refractivity contribution in [1.82, 2.24) is 10.6 Å². The van der Waals surface area contributed by atoms with Gasteiger partial charge in [0.05, 0.1) is 5.56 Å². The number of anilines is 2. The normalized spacial score (nSPS) is 17.3. The lowest BCUT2D eigenvalue weighted by molar-refractivity contribution is -0.137. The average molecular weight is 567 g/mol. The van der Waals surface area contributed by atoms with Crippen LogP contribution in [0.25, 0.3) is 0 Å². The van der Waals surface area contributed by atoms with Gasteiger partial charge in [0.2, 0.25) is 11.8 Å². The first-order valence-electron chi connectivity index (χ1n) is 13.2. The van der Waals surface area contributed by atoms with Crippen LogP contribution in [-0.4, -0.2) is 36.0 Å². The molecule has 2 atom stereocenters. The van der Waals surface area contributed by atoms with Gasteiger partial charge >= 0.3 is 12.2 Å². The molecule has 10 heteroatoms. The van der Waals surface area contributed by atoms with Crippen molar-refractivity contribution in [3.63, 3.8) is 0 Å². The number of amides is 4. The highest BCUT2D eigenvalue weighted by atomic mass is 19.4. The summed E-state index contributed by atoms with van der Waals surface area (Å²) in [6, 6.07) is 17.1. The topological polar surface area (TPSA) is 90.5 Å². The van der Waals surface area contributed by atoms with E-state index in [0.717, 1.165) is 17.7 Å². The quantitative estimate of drug-likeness (QED) is 0.355. The zero-order valence-corrected chi connectivity index (χ0v) is 23.3. The van der Waals surface area contributed by atoms with Crippen molar-refractivity contribution in [3.8, 4) is 0 Å². The smallest absolute Gasteiger partial charge is 0.350 e. The number of alkyl halides is 3. The lowest BCUT2D eigenvalue weighted by Gasteiger charge is -2.28. The van der Waals surface area contributed by atoms with Crippen LogP contribution in [0, 0.1) is 6.92 Å². The Balaban J connectivity index is 1.75. The zero-order valence-electron chi connectivity index (χ0n) is 23.3. The fraction of sp³-hybridized carbons (Fsp3) is 0.323. The zero-order chi connectivity index (χ0) is 29.9. The van der Waals surface area contributed by atoms with Crippen LogP contribution in [-0.2, 0) is 15.8 Å². The molecule has 0 spiro atoms. The minimum atomic E-state index is -4.56. The van der Waals surface area contributed by atoms with E-state index in [-0.39, 0.29) is 13.0 Å². The molecule has 41 heavy (non-hydrogen) atoms. The van der Waals surface area contributed by atoms with Crippen molar-refractivity contribution in [2.75, 3.05) is 16.8 Å². The maximum absolute atomic E-state index is 14.0. The molecule has 0 fully saturated rings. The third-order valence-corrected chi connectivity index (χ3v) is 6.65. The van der Waals surface area contributed by atoms with Crippen LogP contribution in [0.1, 0.15) is 55.4 Å². The molecule has 0 aromatic heterocycles. The summed E-state index contributed by atoms with van der Waals surface area (Å²) in [6.45, 7) is 6.97. The Morgan fingerprint density at radius 3 is 2.34 bits per heavy atom. The molecule has 0 saturated heterocycles. The van der Waals surface area contributed by atoms with Gasteiger partial charge in [0.15, 0.2) is 0 Å². The first kappa shape index (κ1) is 29.6. The number of aryl methyl sites for hydroxylation is 1. The Kier molecular flexibility index (Phi) is 8.42. The van der Waals surface area contributed by atoms with Crippen LogP contribution in [0.4, 0.5) is 29.3 Å². The molecular formula is C31H33F3N4O3. The molecular weight excluding hydrogens is 533 g/mol.